The van der Waals surface area contributed by atoms with Gasteiger partial charge in [-0.25, -0.2) is 0 Å². The number of alkyl halides is 3. The van der Waals surface area contributed by atoms with Gasteiger partial charge in [0.2, 0.25) is 0 Å². The largest absolute Gasteiger partial charge is 0.416 e. The minimum Gasteiger partial charge on any atom is -0.370 e. The molecule has 6 heteroatoms. The summed E-state index contributed by atoms with van der Waals surface area (Å²) >= 11 is 0. The second-order valence-corrected chi connectivity index (χ2v) is 5.59. The Hall–Kier alpha value is -1.72. The molecular formula is C14H16F3N3. The lowest BCUT2D eigenvalue weighted by Gasteiger charge is -2.38. The number of benzene rings is 1. The Morgan fingerprint density at radius 3 is 2.55 bits per heavy atom. The number of aliphatic imine (C=N–C) groups is 1. The predicted molar refractivity (Wildman–Crippen MR) is 70.1 cm³/mol. The van der Waals surface area contributed by atoms with Gasteiger partial charge in [0.15, 0.2) is 5.96 Å². The van der Waals surface area contributed by atoms with E-state index in [2.05, 4.69) is 4.99 Å². The third-order valence-electron chi connectivity index (χ3n) is 4.05. The maximum atomic E-state index is 13.2. The SMILES string of the molecule is CC1(c2ccccc2C(F)(F)F)CN=C(N)N1C1CC1. The Labute approximate surface area is 115 Å². The van der Waals surface area contributed by atoms with Crippen LogP contribution in [0.2, 0.25) is 0 Å². The van der Waals surface area contributed by atoms with Crippen LogP contribution in [-0.4, -0.2) is 23.4 Å². The Morgan fingerprint density at radius 1 is 1.30 bits per heavy atom. The van der Waals surface area contributed by atoms with Gasteiger partial charge in [0.25, 0.3) is 0 Å². The number of rotatable bonds is 2. The van der Waals surface area contributed by atoms with Crippen molar-refractivity contribution in [3.05, 3.63) is 35.4 Å². The van der Waals surface area contributed by atoms with Crippen molar-refractivity contribution >= 4 is 5.96 Å². The van der Waals surface area contributed by atoms with Crippen molar-refractivity contribution in [3.8, 4) is 0 Å². The van der Waals surface area contributed by atoms with Gasteiger partial charge in [-0.05, 0) is 31.4 Å². The van der Waals surface area contributed by atoms with Crippen LogP contribution in [0.3, 0.4) is 0 Å². The van der Waals surface area contributed by atoms with Crippen LogP contribution in [0, 0.1) is 0 Å². The van der Waals surface area contributed by atoms with Gasteiger partial charge in [-0.3, -0.25) is 4.99 Å². The number of guanidine groups is 1. The summed E-state index contributed by atoms with van der Waals surface area (Å²) in [5, 5.41) is 0. The molecule has 1 heterocycles. The zero-order valence-corrected chi connectivity index (χ0v) is 11.1. The van der Waals surface area contributed by atoms with Gasteiger partial charge in [0.05, 0.1) is 17.6 Å². The number of halogens is 3. The highest BCUT2D eigenvalue weighted by Crippen LogP contribution is 2.45. The van der Waals surface area contributed by atoms with Crippen LogP contribution in [0.1, 0.15) is 30.9 Å². The average molecular weight is 283 g/mol. The van der Waals surface area contributed by atoms with Crippen molar-refractivity contribution < 1.29 is 13.2 Å². The molecule has 2 aliphatic rings. The molecule has 0 radical (unpaired) electrons. The highest BCUT2D eigenvalue weighted by atomic mass is 19.4. The second kappa shape index (κ2) is 4.14. The monoisotopic (exact) mass is 283 g/mol. The molecule has 0 bridgehead atoms. The van der Waals surface area contributed by atoms with Crippen molar-refractivity contribution in [1.82, 2.24) is 4.90 Å². The van der Waals surface area contributed by atoms with Crippen molar-refractivity contribution in [1.29, 1.82) is 0 Å². The van der Waals surface area contributed by atoms with Crippen LogP contribution < -0.4 is 5.73 Å². The summed E-state index contributed by atoms with van der Waals surface area (Å²) in [7, 11) is 0. The quantitative estimate of drug-likeness (QED) is 0.906. The van der Waals surface area contributed by atoms with Gasteiger partial charge in [0, 0.05) is 6.04 Å². The summed E-state index contributed by atoms with van der Waals surface area (Å²) in [6, 6.07) is 5.92. The van der Waals surface area contributed by atoms with Crippen molar-refractivity contribution in [3.63, 3.8) is 0 Å². The molecule has 3 nitrogen and oxygen atoms in total. The molecule has 1 fully saturated rings. The first kappa shape index (κ1) is 13.3. The van der Waals surface area contributed by atoms with E-state index in [0.29, 0.717) is 5.96 Å². The molecule has 3 rings (SSSR count). The molecule has 0 aromatic heterocycles. The van der Waals surface area contributed by atoms with Crippen LogP contribution in [0.25, 0.3) is 0 Å². The maximum absolute atomic E-state index is 13.2. The van der Waals surface area contributed by atoms with E-state index in [1.807, 2.05) is 4.90 Å². The zero-order chi connectivity index (χ0) is 14.5. The first-order chi connectivity index (χ1) is 9.34. The van der Waals surface area contributed by atoms with Gasteiger partial charge in [0.1, 0.15) is 0 Å². The van der Waals surface area contributed by atoms with Crippen molar-refractivity contribution in [2.24, 2.45) is 10.7 Å². The van der Waals surface area contributed by atoms with Crippen LogP contribution in [-0.2, 0) is 11.7 Å². The fourth-order valence-electron chi connectivity index (χ4n) is 2.98. The van der Waals surface area contributed by atoms with Gasteiger partial charge >= 0.3 is 6.18 Å². The minimum absolute atomic E-state index is 0.215. The van der Waals surface area contributed by atoms with Gasteiger partial charge in [-0.15, -0.1) is 0 Å². The molecule has 108 valence electrons. The molecule has 1 aliphatic carbocycles. The Bertz CT molecular complexity index is 563. The van der Waals surface area contributed by atoms with Crippen LogP contribution in [0.4, 0.5) is 13.2 Å². The van der Waals surface area contributed by atoms with E-state index < -0.39 is 17.3 Å². The summed E-state index contributed by atoms with van der Waals surface area (Å²) in [5.41, 5.74) is 4.73. The molecule has 0 saturated heterocycles. The van der Waals surface area contributed by atoms with E-state index in [1.54, 1.807) is 13.0 Å². The summed E-state index contributed by atoms with van der Waals surface area (Å²) in [6.07, 6.45) is -2.45. The minimum atomic E-state index is -4.37. The number of hydrogen-bond donors (Lipinski definition) is 1. The summed E-state index contributed by atoms with van der Waals surface area (Å²) in [6.45, 7) is 2.06. The first-order valence-electron chi connectivity index (χ1n) is 6.60. The Balaban J connectivity index is 2.09. The molecule has 0 spiro atoms. The zero-order valence-electron chi connectivity index (χ0n) is 11.1. The topological polar surface area (TPSA) is 41.6 Å². The average Bonchev–Trinajstić information content (AvgIpc) is 3.16. The third-order valence-corrected chi connectivity index (χ3v) is 4.05. The van der Waals surface area contributed by atoms with E-state index in [4.69, 9.17) is 5.73 Å². The lowest BCUT2D eigenvalue weighted by molar-refractivity contribution is -0.139. The fraction of sp³-hybridized carbons (Fsp3) is 0.500. The summed E-state index contributed by atoms with van der Waals surface area (Å²) < 4.78 is 39.7. The summed E-state index contributed by atoms with van der Waals surface area (Å²) in [5.74, 6) is 0.354. The molecule has 1 saturated carbocycles. The highest BCUT2D eigenvalue weighted by molar-refractivity contribution is 5.82. The van der Waals surface area contributed by atoms with Crippen LogP contribution >= 0.6 is 0 Å². The molecule has 20 heavy (non-hydrogen) atoms. The fourth-order valence-corrected chi connectivity index (χ4v) is 2.98. The molecule has 2 N–H and O–H groups in total. The second-order valence-electron chi connectivity index (χ2n) is 5.59. The summed E-state index contributed by atoms with van der Waals surface area (Å²) in [4.78, 5) is 6.04. The lowest BCUT2D eigenvalue weighted by atomic mass is 9.87. The molecule has 1 atom stereocenters. The van der Waals surface area contributed by atoms with E-state index >= 15 is 0 Å². The van der Waals surface area contributed by atoms with E-state index in [9.17, 15) is 13.2 Å². The Kier molecular flexibility index (Phi) is 2.74. The number of nitrogens with zero attached hydrogens (tertiary/aromatic N) is 2. The van der Waals surface area contributed by atoms with Crippen LogP contribution in [0.15, 0.2) is 29.3 Å². The molecular weight excluding hydrogens is 267 g/mol. The molecule has 1 aromatic rings. The standard InChI is InChI=1S/C14H16F3N3/c1-13(8-19-12(18)20(13)9-6-7-9)10-4-2-3-5-11(10)14(15,16)17/h2-5,9H,6-8H2,1H3,(H2,18,19). The van der Waals surface area contributed by atoms with Gasteiger partial charge in [-0.2, -0.15) is 13.2 Å². The molecule has 1 aliphatic heterocycles. The maximum Gasteiger partial charge on any atom is 0.416 e. The normalized spacial score (nSPS) is 26.8. The van der Waals surface area contributed by atoms with E-state index in [0.717, 1.165) is 18.9 Å². The highest BCUT2D eigenvalue weighted by Gasteiger charge is 2.50. The molecule has 1 unspecified atom stereocenters. The smallest absolute Gasteiger partial charge is 0.370 e. The Morgan fingerprint density at radius 2 is 1.95 bits per heavy atom. The van der Waals surface area contributed by atoms with E-state index in [1.165, 1.54) is 12.1 Å². The van der Waals surface area contributed by atoms with Crippen molar-refractivity contribution in [2.45, 2.75) is 37.5 Å². The molecule has 0 amide bonds. The number of hydrogen-bond acceptors (Lipinski definition) is 3. The molecule has 1 aromatic carbocycles. The third kappa shape index (κ3) is 1.94. The van der Waals surface area contributed by atoms with Crippen molar-refractivity contribution in [2.75, 3.05) is 6.54 Å². The first-order valence-corrected chi connectivity index (χ1v) is 6.60. The van der Waals surface area contributed by atoms with Gasteiger partial charge < -0.3 is 10.6 Å². The lowest BCUT2D eigenvalue weighted by Crippen LogP contribution is -2.49. The number of nitrogens with two attached hydrogens (primary N) is 1. The van der Waals surface area contributed by atoms with Gasteiger partial charge in [-0.1, -0.05) is 18.2 Å². The predicted octanol–water partition coefficient (Wildman–Crippen LogP) is 2.71. The van der Waals surface area contributed by atoms with E-state index in [-0.39, 0.29) is 18.2 Å². The van der Waals surface area contributed by atoms with Crippen LogP contribution in [0.5, 0.6) is 0 Å².